The monoisotopic (exact) mass is 302 g/mol. The molecule has 0 amide bonds. The lowest BCUT2D eigenvalue weighted by atomic mass is 10.2. The first-order valence-corrected chi connectivity index (χ1v) is 7.24. The Labute approximate surface area is 111 Å². The predicted molar refractivity (Wildman–Crippen MR) is 75.0 cm³/mol. The van der Waals surface area contributed by atoms with E-state index in [0.29, 0.717) is 11.2 Å². The normalized spacial score (nSPS) is 13.1. The fraction of sp³-hybridized carbons (Fsp3) is 0.583. The van der Waals surface area contributed by atoms with Crippen LogP contribution in [-0.4, -0.2) is 23.3 Å². The largest absolute Gasteiger partial charge is 0.315 e. The van der Waals surface area contributed by atoms with E-state index in [4.69, 9.17) is 0 Å². The van der Waals surface area contributed by atoms with E-state index in [2.05, 4.69) is 47.0 Å². The van der Waals surface area contributed by atoms with Crippen molar-refractivity contribution >= 4 is 27.7 Å². The zero-order valence-electron chi connectivity index (χ0n) is 10.0. The van der Waals surface area contributed by atoms with Crippen molar-refractivity contribution in [3.63, 3.8) is 0 Å². The minimum absolute atomic E-state index is 0.532. The van der Waals surface area contributed by atoms with Gasteiger partial charge in [0.2, 0.25) is 0 Å². The van der Waals surface area contributed by atoms with E-state index < -0.39 is 0 Å². The van der Waals surface area contributed by atoms with Crippen LogP contribution in [0, 0.1) is 5.92 Å². The molecule has 0 saturated carbocycles. The van der Waals surface area contributed by atoms with Crippen LogP contribution in [0.3, 0.4) is 0 Å². The van der Waals surface area contributed by atoms with Crippen LogP contribution in [0.4, 0.5) is 0 Å². The Morgan fingerprint density at radius 2 is 2.12 bits per heavy atom. The van der Waals surface area contributed by atoms with Crippen LogP contribution in [-0.2, 0) is 0 Å². The summed E-state index contributed by atoms with van der Waals surface area (Å²) in [4.78, 5) is 4.35. The molecule has 2 nitrogen and oxygen atoms in total. The van der Waals surface area contributed by atoms with Crippen LogP contribution in [0.1, 0.15) is 20.8 Å². The van der Waals surface area contributed by atoms with Crippen molar-refractivity contribution in [1.82, 2.24) is 10.3 Å². The molecule has 0 saturated heterocycles. The standard InChI is InChI=1S/C12H19BrN2S/c1-9(2)7-14-8-10(3)16-12-11(13)5-4-6-15-12/h4-6,9-10,14H,7-8H2,1-3H3. The maximum atomic E-state index is 4.35. The zero-order chi connectivity index (χ0) is 12.0. The molecule has 1 N–H and O–H groups in total. The van der Waals surface area contributed by atoms with Gasteiger partial charge in [-0.3, -0.25) is 0 Å². The Kier molecular flexibility index (Phi) is 6.39. The van der Waals surface area contributed by atoms with Gasteiger partial charge in [0.1, 0.15) is 5.03 Å². The van der Waals surface area contributed by atoms with Gasteiger partial charge in [0.15, 0.2) is 0 Å². The van der Waals surface area contributed by atoms with Gasteiger partial charge >= 0.3 is 0 Å². The van der Waals surface area contributed by atoms with Crippen LogP contribution in [0.2, 0.25) is 0 Å². The van der Waals surface area contributed by atoms with Gasteiger partial charge in [-0.25, -0.2) is 4.98 Å². The van der Waals surface area contributed by atoms with Gasteiger partial charge < -0.3 is 5.32 Å². The summed E-state index contributed by atoms with van der Waals surface area (Å²) in [5.74, 6) is 0.707. The van der Waals surface area contributed by atoms with Crippen LogP contribution in [0.5, 0.6) is 0 Å². The second-order valence-electron chi connectivity index (χ2n) is 4.27. The molecule has 0 aliphatic carbocycles. The number of aromatic nitrogens is 1. The quantitative estimate of drug-likeness (QED) is 0.813. The molecule has 1 heterocycles. The lowest BCUT2D eigenvalue weighted by Crippen LogP contribution is -2.26. The predicted octanol–water partition coefficient (Wildman–Crippen LogP) is 3.57. The third-order valence-corrected chi connectivity index (χ3v) is 4.04. The number of pyridine rings is 1. The summed E-state index contributed by atoms with van der Waals surface area (Å²) in [7, 11) is 0. The summed E-state index contributed by atoms with van der Waals surface area (Å²) in [5, 5.41) is 5.06. The third-order valence-electron chi connectivity index (χ3n) is 2.02. The summed E-state index contributed by atoms with van der Waals surface area (Å²) >= 11 is 5.31. The molecule has 0 radical (unpaired) electrons. The molecule has 90 valence electrons. The Bertz CT molecular complexity index is 318. The topological polar surface area (TPSA) is 24.9 Å². The first-order chi connectivity index (χ1) is 7.59. The van der Waals surface area contributed by atoms with E-state index in [1.54, 1.807) is 11.8 Å². The van der Waals surface area contributed by atoms with Crippen LogP contribution in [0.15, 0.2) is 27.8 Å². The van der Waals surface area contributed by atoms with E-state index in [-0.39, 0.29) is 0 Å². The van der Waals surface area contributed by atoms with E-state index in [1.165, 1.54) is 0 Å². The average Bonchev–Trinajstić information content (AvgIpc) is 2.21. The zero-order valence-corrected chi connectivity index (χ0v) is 12.4. The van der Waals surface area contributed by atoms with Gasteiger partial charge in [-0.15, -0.1) is 11.8 Å². The number of rotatable bonds is 6. The highest BCUT2D eigenvalue weighted by atomic mass is 79.9. The summed E-state index contributed by atoms with van der Waals surface area (Å²) in [5.41, 5.74) is 0. The third kappa shape index (κ3) is 5.32. The van der Waals surface area contributed by atoms with Crippen molar-refractivity contribution < 1.29 is 0 Å². The maximum Gasteiger partial charge on any atom is 0.110 e. The van der Waals surface area contributed by atoms with Gasteiger partial charge in [0.05, 0.1) is 0 Å². The Morgan fingerprint density at radius 1 is 1.38 bits per heavy atom. The summed E-state index contributed by atoms with van der Waals surface area (Å²) in [6.45, 7) is 8.76. The lowest BCUT2D eigenvalue weighted by Gasteiger charge is -2.13. The Hall–Kier alpha value is -0.0600. The smallest absolute Gasteiger partial charge is 0.110 e. The molecule has 16 heavy (non-hydrogen) atoms. The van der Waals surface area contributed by atoms with E-state index in [1.807, 2.05) is 18.3 Å². The van der Waals surface area contributed by atoms with Crippen molar-refractivity contribution in [1.29, 1.82) is 0 Å². The number of nitrogens with zero attached hydrogens (tertiary/aromatic N) is 1. The molecule has 4 heteroatoms. The molecule has 1 atom stereocenters. The minimum atomic E-state index is 0.532. The molecule has 0 bridgehead atoms. The minimum Gasteiger partial charge on any atom is -0.315 e. The average molecular weight is 303 g/mol. The highest BCUT2D eigenvalue weighted by Gasteiger charge is 2.08. The molecule has 0 aliphatic heterocycles. The molecule has 0 spiro atoms. The number of nitrogens with one attached hydrogen (secondary N) is 1. The summed E-state index contributed by atoms with van der Waals surface area (Å²) in [6.07, 6.45) is 1.83. The van der Waals surface area contributed by atoms with Crippen molar-refractivity contribution in [2.24, 2.45) is 5.92 Å². The van der Waals surface area contributed by atoms with Crippen LogP contribution in [0.25, 0.3) is 0 Å². The molecule has 1 unspecified atom stereocenters. The number of halogens is 1. The van der Waals surface area contributed by atoms with E-state index in [9.17, 15) is 0 Å². The van der Waals surface area contributed by atoms with E-state index in [0.717, 1.165) is 22.6 Å². The van der Waals surface area contributed by atoms with Gasteiger partial charge in [-0.2, -0.15) is 0 Å². The fourth-order valence-electron chi connectivity index (χ4n) is 1.27. The first-order valence-electron chi connectivity index (χ1n) is 5.57. The van der Waals surface area contributed by atoms with Crippen molar-refractivity contribution in [3.8, 4) is 0 Å². The number of hydrogen-bond acceptors (Lipinski definition) is 3. The highest BCUT2D eigenvalue weighted by molar-refractivity contribution is 9.10. The lowest BCUT2D eigenvalue weighted by molar-refractivity contribution is 0.553. The van der Waals surface area contributed by atoms with Gasteiger partial charge in [0, 0.05) is 22.5 Å². The van der Waals surface area contributed by atoms with Gasteiger partial charge in [-0.1, -0.05) is 20.8 Å². The molecule has 1 rings (SSSR count). The maximum absolute atomic E-state index is 4.35. The molecular formula is C12H19BrN2S. The molecule has 1 aromatic rings. The van der Waals surface area contributed by atoms with Gasteiger partial charge in [-0.05, 0) is 40.5 Å². The highest BCUT2D eigenvalue weighted by Crippen LogP contribution is 2.27. The molecular weight excluding hydrogens is 284 g/mol. The number of thioether (sulfide) groups is 1. The van der Waals surface area contributed by atoms with Crippen LogP contribution >= 0.6 is 27.7 Å². The van der Waals surface area contributed by atoms with Crippen molar-refractivity contribution in [2.45, 2.75) is 31.0 Å². The SMILES string of the molecule is CC(C)CNCC(C)Sc1ncccc1Br. The molecule has 0 aromatic carbocycles. The molecule has 0 fully saturated rings. The van der Waals surface area contributed by atoms with Crippen molar-refractivity contribution in [2.75, 3.05) is 13.1 Å². The van der Waals surface area contributed by atoms with Crippen LogP contribution < -0.4 is 5.32 Å². The molecule has 0 aliphatic rings. The second kappa shape index (κ2) is 7.30. The summed E-state index contributed by atoms with van der Waals surface area (Å²) < 4.78 is 1.08. The van der Waals surface area contributed by atoms with Gasteiger partial charge in [0.25, 0.3) is 0 Å². The second-order valence-corrected chi connectivity index (χ2v) is 6.55. The number of hydrogen-bond donors (Lipinski definition) is 1. The fourth-order valence-corrected chi connectivity index (χ4v) is 2.69. The Morgan fingerprint density at radius 3 is 2.75 bits per heavy atom. The van der Waals surface area contributed by atoms with Crippen molar-refractivity contribution in [3.05, 3.63) is 22.8 Å². The van der Waals surface area contributed by atoms with E-state index >= 15 is 0 Å². The summed E-state index contributed by atoms with van der Waals surface area (Å²) in [6, 6.07) is 3.97. The molecule has 1 aromatic heterocycles. The first kappa shape index (κ1) is 14.0. The Balaban J connectivity index is 2.34.